The molecule has 4 aromatic rings. The third-order valence-electron chi connectivity index (χ3n) is 3.94. The number of methoxy groups -OCH3 is 1. The molecule has 3 aromatic heterocycles. The molecule has 0 aliphatic carbocycles. The SMILES string of the molecule is COc1ccnc2ccc(-n3c(=O)[nH]c4nccc(C)c43)cc12. The van der Waals surface area contributed by atoms with E-state index in [2.05, 4.69) is 15.0 Å². The number of aromatic nitrogens is 4. The predicted molar refractivity (Wildman–Crippen MR) is 88.3 cm³/mol. The van der Waals surface area contributed by atoms with Gasteiger partial charge in [0, 0.05) is 17.8 Å². The molecule has 6 heteroatoms. The minimum absolute atomic E-state index is 0.219. The summed E-state index contributed by atoms with van der Waals surface area (Å²) in [4.78, 5) is 23.8. The number of nitrogens with zero attached hydrogens (tertiary/aromatic N) is 3. The summed E-state index contributed by atoms with van der Waals surface area (Å²) in [6, 6.07) is 9.34. The summed E-state index contributed by atoms with van der Waals surface area (Å²) in [6.45, 7) is 1.96. The van der Waals surface area contributed by atoms with E-state index >= 15 is 0 Å². The fraction of sp³-hybridized carbons (Fsp3) is 0.118. The lowest BCUT2D eigenvalue weighted by molar-refractivity contribution is 0.419. The molecule has 0 atom stereocenters. The van der Waals surface area contributed by atoms with Gasteiger partial charge in [0.25, 0.3) is 0 Å². The molecule has 114 valence electrons. The summed E-state index contributed by atoms with van der Waals surface area (Å²) >= 11 is 0. The Hall–Kier alpha value is -3.15. The molecule has 23 heavy (non-hydrogen) atoms. The van der Waals surface area contributed by atoms with Crippen LogP contribution >= 0.6 is 0 Å². The van der Waals surface area contributed by atoms with Crippen LogP contribution in [-0.4, -0.2) is 26.6 Å². The third-order valence-corrected chi connectivity index (χ3v) is 3.94. The third kappa shape index (κ3) is 1.99. The summed E-state index contributed by atoms with van der Waals surface area (Å²) in [6.07, 6.45) is 3.39. The Labute approximate surface area is 131 Å². The Morgan fingerprint density at radius 3 is 2.78 bits per heavy atom. The van der Waals surface area contributed by atoms with Gasteiger partial charge in [-0.3, -0.25) is 14.5 Å². The van der Waals surface area contributed by atoms with Crippen LogP contribution in [0.25, 0.3) is 27.8 Å². The molecule has 6 nitrogen and oxygen atoms in total. The van der Waals surface area contributed by atoms with Crippen molar-refractivity contribution < 1.29 is 4.74 Å². The Morgan fingerprint density at radius 1 is 1.13 bits per heavy atom. The lowest BCUT2D eigenvalue weighted by Crippen LogP contribution is -2.14. The molecule has 0 amide bonds. The second-order valence-electron chi connectivity index (χ2n) is 5.31. The molecule has 0 fully saturated rings. The summed E-state index contributed by atoms with van der Waals surface area (Å²) < 4.78 is 7.02. The first kappa shape index (κ1) is 13.5. The highest BCUT2D eigenvalue weighted by Gasteiger charge is 2.13. The molecule has 1 aromatic carbocycles. The van der Waals surface area contributed by atoms with Crippen molar-refractivity contribution in [3.05, 3.63) is 58.8 Å². The Morgan fingerprint density at radius 2 is 1.96 bits per heavy atom. The van der Waals surface area contributed by atoms with Crippen molar-refractivity contribution in [3.63, 3.8) is 0 Å². The average molecular weight is 306 g/mol. The van der Waals surface area contributed by atoms with Crippen LogP contribution in [0.15, 0.2) is 47.5 Å². The smallest absolute Gasteiger partial charge is 0.332 e. The van der Waals surface area contributed by atoms with Gasteiger partial charge in [0.1, 0.15) is 5.75 Å². The average Bonchev–Trinajstić information content (AvgIpc) is 2.91. The molecule has 0 radical (unpaired) electrons. The van der Waals surface area contributed by atoms with Crippen LogP contribution in [0, 0.1) is 6.92 Å². The minimum atomic E-state index is -0.219. The molecular weight excluding hydrogens is 292 g/mol. The van der Waals surface area contributed by atoms with Crippen LogP contribution in [0.3, 0.4) is 0 Å². The van der Waals surface area contributed by atoms with E-state index in [0.717, 1.165) is 33.4 Å². The number of hydrogen-bond acceptors (Lipinski definition) is 4. The van der Waals surface area contributed by atoms with Gasteiger partial charge in [-0.05, 0) is 42.8 Å². The molecule has 0 bridgehead atoms. The monoisotopic (exact) mass is 306 g/mol. The van der Waals surface area contributed by atoms with Crippen molar-refractivity contribution in [2.75, 3.05) is 7.11 Å². The number of fused-ring (bicyclic) bond motifs is 2. The first-order chi connectivity index (χ1) is 11.2. The molecule has 3 heterocycles. The van der Waals surface area contributed by atoms with Gasteiger partial charge in [-0.25, -0.2) is 9.78 Å². The zero-order valence-electron chi connectivity index (χ0n) is 12.7. The Bertz CT molecular complexity index is 1090. The summed E-state index contributed by atoms with van der Waals surface area (Å²) in [5.41, 5.74) is 3.68. The number of H-pyrrole nitrogens is 1. The van der Waals surface area contributed by atoms with E-state index in [0.29, 0.717) is 5.65 Å². The second kappa shape index (κ2) is 4.95. The van der Waals surface area contributed by atoms with Crippen molar-refractivity contribution in [2.45, 2.75) is 6.92 Å². The van der Waals surface area contributed by atoms with Gasteiger partial charge >= 0.3 is 5.69 Å². The number of benzene rings is 1. The number of aromatic amines is 1. The minimum Gasteiger partial charge on any atom is -0.496 e. The van der Waals surface area contributed by atoms with Gasteiger partial charge in [-0.15, -0.1) is 0 Å². The number of ether oxygens (including phenoxy) is 1. The van der Waals surface area contributed by atoms with Crippen molar-refractivity contribution in [2.24, 2.45) is 0 Å². The highest BCUT2D eigenvalue weighted by atomic mass is 16.5. The lowest BCUT2D eigenvalue weighted by atomic mass is 10.1. The van der Waals surface area contributed by atoms with Gasteiger partial charge in [0.2, 0.25) is 0 Å². The van der Waals surface area contributed by atoms with Crippen molar-refractivity contribution in [3.8, 4) is 11.4 Å². The van der Waals surface area contributed by atoms with E-state index in [1.54, 1.807) is 30.1 Å². The molecule has 1 N–H and O–H groups in total. The number of pyridine rings is 2. The van der Waals surface area contributed by atoms with Crippen LogP contribution in [-0.2, 0) is 0 Å². The summed E-state index contributed by atoms with van der Waals surface area (Å²) in [5.74, 6) is 0.722. The predicted octanol–water partition coefficient (Wildman–Crippen LogP) is 2.58. The normalized spacial score (nSPS) is 11.2. The number of imidazole rings is 1. The maximum Gasteiger partial charge on any atom is 0.332 e. The fourth-order valence-corrected chi connectivity index (χ4v) is 2.86. The quantitative estimate of drug-likeness (QED) is 0.618. The van der Waals surface area contributed by atoms with Crippen LogP contribution in [0.1, 0.15) is 5.56 Å². The van der Waals surface area contributed by atoms with E-state index in [1.807, 2.05) is 31.2 Å². The molecule has 0 saturated carbocycles. The van der Waals surface area contributed by atoms with Gasteiger partial charge in [-0.1, -0.05) is 0 Å². The van der Waals surface area contributed by atoms with E-state index in [-0.39, 0.29) is 5.69 Å². The molecule has 0 aliphatic rings. The van der Waals surface area contributed by atoms with Gasteiger partial charge in [0.05, 0.1) is 23.8 Å². The molecular formula is C17H14N4O2. The number of nitrogens with one attached hydrogen (secondary N) is 1. The zero-order chi connectivity index (χ0) is 16.0. The largest absolute Gasteiger partial charge is 0.496 e. The Kier molecular flexibility index (Phi) is 2.90. The van der Waals surface area contributed by atoms with Crippen molar-refractivity contribution in [1.82, 2.24) is 19.5 Å². The van der Waals surface area contributed by atoms with Crippen LogP contribution < -0.4 is 10.4 Å². The molecule has 0 spiro atoms. The Balaban J connectivity index is 2.07. The van der Waals surface area contributed by atoms with Gasteiger partial charge in [0.15, 0.2) is 5.65 Å². The zero-order valence-corrected chi connectivity index (χ0v) is 12.7. The molecule has 0 aliphatic heterocycles. The number of aryl methyl sites for hydroxylation is 1. The highest BCUT2D eigenvalue weighted by molar-refractivity contribution is 5.87. The maximum absolute atomic E-state index is 12.4. The molecule has 0 unspecified atom stereocenters. The van der Waals surface area contributed by atoms with E-state index in [9.17, 15) is 4.79 Å². The van der Waals surface area contributed by atoms with E-state index < -0.39 is 0 Å². The van der Waals surface area contributed by atoms with Crippen LogP contribution in [0.5, 0.6) is 5.75 Å². The summed E-state index contributed by atoms with van der Waals surface area (Å²) in [7, 11) is 1.62. The van der Waals surface area contributed by atoms with Crippen LogP contribution in [0.4, 0.5) is 0 Å². The standard InChI is InChI=1S/C17H14N4O2/c1-10-5-7-19-16-15(10)21(17(22)20-16)11-3-4-13-12(9-11)14(23-2)6-8-18-13/h3-9H,1-2H3,(H,19,20,22). The highest BCUT2D eigenvalue weighted by Crippen LogP contribution is 2.27. The first-order valence-corrected chi connectivity index (χ1v) is 7.18. The first-order valence-electron chi connectivity index (χ1n) is 7.18. The summed E-state index contributed by atoms with van der Waals surface area (Å²) in [5, 5.41) is 0.857. The lowest BCUT2D eigenvalue weighted by Gasteiger charge is -2.09. The number of rotatable bonds is 2. The molecule has 0 saturated heterocycles. The van der Waals surface area contributed by atoms with E-state index in [1.165, 1.54) is 0 Å². The number of hydrogen-bond donors (Lipinski definition) is 1. The van der Waals surface area contributed by atoms with E-state index in [4.69, 9.17) is 4.74 Å². The second-order valence-corrected chi connectivity index (χ2v) is 5.31. The van der Waals surface area contributed by atoms with Crippen LogP contribution in [0.2, 0.25) is 0 Å². The maximum atomic E-state index is 12.4. The van der Waals surface area contributed by atoms with Crippen molar-refractivity contribution >= 4 is 22.1 Å². The van der Waals surface area contributed by atoms with Crippen molar-refractivity contribution in [1.29, 1.82) is 0 Å². The van der Waals surface area contributed by atoms with Gasteiger partial charge < -0.3 is 4.74 Å². The fourth-order valence-electron chi connectivity index (χ4n) is 2.86. The molecule has 4 rings (SSSR count). The topological polar surface area (TPSA) is 72.8 Å². The van der Waals surface area contributed by atoms with Gasteiger partial charge in [-0.2, -0.15) is 0 Å².